The van der Waals surface area contributed by atoms with Crippen LogP contribution in [-0.4, -0.2) is 30.3 Å². The van der Waals surface area contributed by atoms with Gasteiger partial charge >= 0.3 is 0 Å². The molecule has 19 heavy (non-hydrogen) atoms. The van der Waals surface area contributed by atoms with Gasteiger partial charge in [-0.3, -0.25) is 4.79 Å². The van der Waals surface area contributed by atoms with Crippen molar-refractivity contribution < 1.29 is 14.6 Å². The summed E-state index contributed by atoms with van der Waals surface area (Å²) < 4.78 is 5.32. The Kier molecular flexibility index (Phi) is 6.15. The Morgan fingerprint density at radius 1 is 1.37 bits per heavy atom. The number of hydrogen-bond acceptors (Lipinski definition) is 4. The van der Waals surface area contributed by atoms with E-state index in [1.807, 2.05) is 13.8 Å². The number of carbonyl (C=O) groups excluding carboxylic acids is 1. The lowest BCUT2D eigenvalue weighted by Gasteiger charge is -2.18. The molecule has 0 spiro atoms. The van der Waals surface area contributed by atoms with E-state index >= 15 is 0 Å². The Labute approximate surface area is 113 Å². The maximum atomic E-state index is 11.7. The smallest absolute Gasteiger partial charge is 0.258 e. The van der Waals surface area contributed by atoms with Gasteiger partial charge in [0.15, 0.2) is 6.61 Å². The molecule has 0 aliphatic heterocycles. The summed E-state index contributed by atoms with van der Waals surface area (Å²) in [5, 5.41) is 11.9. The highest BCUT2D eigenvalue weighted by Crippen LogP contribution is 2.12. The van der Waals surface area contributed by atoms with Gasteiger partial charge in [0.2, 0.25) is 0 Å². The highest BCUT2D eigenvalue weighted by molar-refractivity contribution is 5.77. The van der Waals surface area contributed by atoms with E-state index in [4.69, 9.17) is 10.5 Å². The predicted octanol–water partition coefficient (Wildman–Crippen LogP) is 1.17. The summed E-state index contributed by atoms with van der Waals surface area (Å²) in [6, 6.07) is 6.62. The fourth-order valence-electron chi connectivity index (χ4n) is 1.73. The third-order valence-electron chi connectivity index (χ3n) is 2.59. The average molecular weight is 266 g/mol. The molecule has 0 aromatic heterocycles. The highest BCUT2D eigenvalue weighted by atomic mass is 16.5. The van der Waals surface area contributed by atoms with Crippen molar-refractivity contribution in [3.8, 4) is 5.75 Å². The summed E-state index contributed by atoms with van der Waals surface area (Å²) in [7, 11) is 0. The average Bonchev–Trinajstić information content (AvgIpc) is 2.36. The third-order valence-corrected chi connectivity index (χ3v) is 2.59. The van der Waals surface area contributed by atoms with Crippen LogP contribution in [0.5, 0.6) is 5.75 Å². The van der Waals surface area contributed by atoms with Crippen LogP contribution < -0.4 is 15.8 Å². The standard InChI is InChI=1S/C14H22N2O3/c1-10(2)7-12(8-17)16-14(18)9-19-13-5-3-11(15)4-6-13/h3-6,10,12,17H,7-9,15H2,1-2H3,(H,16,18). The van der Waals surface area contributed by atoms with Crippen molar-refractivity contribution in [2.24, 2.45) is 5.92 Å². The van der Waals surface area contributed by atoms with Gasteiger partial charge in [-0.05, 0) is 36.6 Å². The topological polar surface area (TPSA) is 84.6 Å². The van der Waals surface area contributed by atoms with Gasteiger partial charge in [-0.2, -0.15) is 0 Å². The van der Waals surface area contributed by atoms with Crippen molar-refractivity contribution in [2.45, 2.75) is 26.3 Å². The molecule has 5 heteroatoms. The lowest BCUT2D eigenvalue weighted by molar-refractivity contribution is -0.124. The van der Waals surface area contributed by atoms with E-state index in [1.165, 1.54) is 0 Å². The lowest BCUT2D eigenvalue weighted by Crippen LogP contribution is -2.40. The van der Waals surface area contributed by atoms with Crippen molar-refractivity contribution in [3.05, 3.63) is 24.3 Å². The number of ether oxygens (including phenoxy) is 1. The molecule has 0 heterocycles. The SMILES string of the molecule is CC(C)CC(CO)NC(=O)COc1ccc(N)cc1. The molecule has 0 bridgehead atoms. The number of nitrogens with two attached hydrogens (primary N) is 1. The zero-order chi connectivity index (χ0) is 14.3. The Bertz CT molecular complexity index is 390. The zero-order valence-corrected chi connectivity index (χ0v) is 11.4. The second kappa shape index (κ2) is 7.63. The van der Waals surface area contributed by atoms with Gasteiger partial charge in [0.25, 0.3) is 5.91 Å². The molecule has 0 aliphatic rings. The van der Waals surface area contributed by atoms with Crippen molar-refractivity contribution >= 4 is 11.6 Å². The summed E-state index contributed by atoms with van der Waals surface area (Å²) in [5.74, 6) is 0.765. The number of benzene rings is 1. The first kappa shape index (κ1) is 15.3. The molecule has 1 rings (SSSR count). The number of aliphatic hydroxyl groups excluding tert-OH is 1. The van der Waals surface area contributed by atoms with Gasteiger partial charge in [-0.1, -0.05) is 13.8 Å². The Morgan fingerprint density at radius 3 is 2.53 bits per heavy atom. The molecule has 106 valence electrons. The van der Waals surface area contributed by atoms with Crippen molar-refractivity contribution in [1.29, 1.82) is 0 Å². The Morgan fingerprint density at radius 2 is 2.00 bits per heavy atom. The van der Waals surface area contributed by atoms with Crippen LogP contribution in [0.4, 0.5) is 5.69 Å². The van der Waals surface area contributed by atoms with Crippen molar-refractivity contribution in [1.82, 2.24) is 5.32 Å². The van der Waals surface area contributed by atoms with Gasteiger partial charge < -0.3 is 20.9 Å². The maximum absolute atomic E-state index is 11.7. The molecule has 1 aromatic carbocycles. The molecule has 4 N–H and O–H groups in total. The number of nitrogen functional groups attached to an aromatic ring is 1. The van der Waals surface area contributed by atoms with Crippen LogP contribution in [0, 0.1) is 5.92 Å². The quantitative estimate of drug-likeness (QED) is 0.647. The fraction of sp³-hybridized carbons (Fsp3) is 0.500. The number of amides is 1. The Hall–Kier alpha value is -1.75. The minimum absolute atomic E-state index is 0.0637. The van der Waals surface area contributed by atoms with Gasteiger partial charge in [-0.25, -0.2) is 0 Å². The first-order chi connectivity index (χ1) is 9.01. The van der Waals surface area contributed by atoms with E-state index in [9.17, 15) is 9.90 Å². The summed E-state index contributed by atoms with van der Waals surface area (Å²) in [6.07, 6.45) is 0.740. The van der Waals surface area contributed by atoms with Crippen LogP contribution in [0.3, 0.4) is 0 Å². The van der Waals surface area contributed by atoms with E-state index in [1.54, 1.807) is 24.3 Å². The van der Waals surface area contributed by atoms with Gasteiger partial charge in [-0.15, -0.1) is 0 Å². The van der Waals surface area contributed by atoms with Crippen LogP contribution in [0.15, 0.2) is 24.3 Å². The number of rotatable bonds is 7. The number of aliphatic hydroxyl groups is 1. The van der Waals surface area contributed by atoms with E-state index < -0.39 is 0 Å². The van der Waals surface area contributed by atoms with Crippen LogP contribution in [0.25, 0.3) is 0 Å². The monoisotopic (exact) mass is 266 g/mol. The second-order valence-electron chi connectivity index (χ2n) is 4.93. The largest absolute Gasteiger partial charge is 0.484 e. The molecular formula is C14H22N2O3. The zero-order valence-electron chi connectivity index (χ0n) is 11.4. The molecular weight excluding hydrogens is 244 g/mol. The van der Waals surface area contributed by atoms with E-state index in [0.29, 0.717) is 17.4 Å². The summed E-state index contributed by atoms with van der Waals surface area (Å²) in [6.45, 7) is 3.95. The highest BCUT2D eigenvalue weighted by Gasteiger charge is 2.13. The first-order valence-corrected chi connectivity index (χ1v) is 6.39. The molecule has 0 fully saturated rings. The van der Waals surface area contributed by atoms with Gasteiger partial charge in [0.05, 0.1) is 12.6 Å². The summed E-state index contributed by atoms with van der Waals surface area (Å²) in [4.78, 5) is 11.7. The van der Waals surface area contributed by atoms with Crippen LogP contribution >= 0.6 is 0 Å². The van der Waals surface area contributed by atoms with Crippen LogP contribution in [0.2, 0.25) is 0 Å². The lowest BCUT2D eigenvalue weighted by atomic mass is 10.0. The second-order valence-corrected chi connectivity index (χ2v) is 4.93. The van der Waals surface area contributed by atoms with Crippen LogP contribution in [0.1, 0.15) is 20.3 Å². The molecule has 0 saturated carbocycles. The molecule has 0 radical (unpaired) electrons. The minimum atomic E-state index is -0.239. The van der Waals surface area contributed by atoms with Gasteiger partial charge in [0, 0.05) is 5.69 Å². The van der Waals surface area contributed by atoms with Crippen LogP contribution in [-0.2, 0) is 4.79 Å². The normalized spacial score (nSPS) is 12.2. The molecule has 0 aliphatic carbocycles. The maximum Gasteiger partial charge on any atom is 0.258 e. The van der Waals surface area contributed by atoms with Crippen molar-refractivity contribution in [2.75, 3.05) is 18.9 Å². The molecule has 5 nitrogen and oxygen atoms in total. The predicted molar refractivity (Wildman–Crippen MR) is 74.8 cm³/mol. The number of hydrogen-bond donors (Lipinski definition) is 3. The summed E-state index contributed by atoms with van der Waals surface area (Å²) >= 11 is 0. The van der Waals surface area contributed by atoms with Crippen molar-refractivity contribution in [3.63, 3.8) is 0 Å². The Balaban J connectivity index is 2.36. The fourth-order valence-corrected chi connectivity index (χ4v) is 1.73. The van der Waals surface area contributed by atoms with E-state index in [2.05, 4.69) is 5.32 Å². The number of carbonyl (C=O) groups is 1. The molecule has 1 aromatic rings. The number of nitrogens with one attached hydrogen (secondary N) is 1. The van der Waals surface area contributed by atoms with E-state index in [0.717, 1.165) is 6.42 Å². The molecule has 0 saturated heterocycles. The molecule has 1 unspecified atom stereocenters. The minimum Gasteiger partial charge on any atom is -0.484 e. The number of anilines is 1. The summed E-state index contributed by atoms with van der Waals surface area (Å²) in [5.41, 5.74) is 6.20. The van der Waals surface area contributed by atoms with E-state index in [-0.39, 0.29) is 25.2 Å². The molecule has 1 amide bonds. The third kappa shape index (κ3) is 6.10. The first-order valence-electron chi connectivity index (χ1n) is 6.39. The molecule has 1 atom stereocenters. The van der Waals surface area contributed by atoms with Gasteiger partial charge in [0.1, 0.15) is 5.75 Å².